The average molecular weight is 248 g/mol. The molecule has 0 atom stereocenters. The molecule has 0 radical (unpaired) electrons. The van der Waals surface area contributed by atoms with Crippen LogP contribution in [0.4, 0.5) is 13.2 Å². The minimum Gasteiger partial charge on any atom is -0.375 e. The molecule has 3 N–H and O–H groups in total. The van der Waals surface area contributed by atoms with E-state index in [0.717, 1.165) is 12.3 Å². The minimum absolute atomic E-state index is 0.0387. The first kappa shape index (κ1) is 12.4. The molecule has 1 heterocycles. The average Bonchev–Trinajstić information content (AvgIpc) is 2.16. The van der Waals surface area contributed by atoms with Crippen LogP contribution in [0.5, 0.6) is 0 Å². The van der Waals surface area contributed by atoms with Crippen LogP contribution in [0.1, 0.15) is 11.3 Å². The molecule has 0 aliphatic rings. The Balaban J connectivity index is 2.72. The quantitative estimate of drug-likeness (QED) is 0.470. The normalized spacial score (nSPS) is 11.7. The number of rotatable bonds is 2. The van der Waals surface area contributed by atoms with Crippen molar-refractivity contribution >= 4 is 23.5 Å². The van der Waals surface area contributed by atoms with Gasteiger partial charge in [0.1, 0.15) is 0 Å². The number of thiocarbonyl (C=S) groups is 1. The SMILES string of the molecule is NC(=S)NN=Cc1ccc(C(F)(F)F)cn1. The fraction of sp³-hybridized carbons (Fsp3) is 0.125. The number of hydrogen-bond acceptors (Lipinski definition) is 3. The van der Waals surface area contributed by atoms with Gasteiger partial charge < -0.3 is 5.73 Å². The molecule has 0 saturated heterocycles. The lowest BCUT2D eigenvalue weighted by Crippen LogP contribution is -2.24. The van der Waals surface area contributed by atoms with E-state index in [4.69, 9.17) is 5.73 Å². The van der Waals surface area contributed by atoms with E-state index < -0.39 is 11.7 Å². The van der Waals surface area contributed by atoms with E-state index in [1.54, 1.807) is 0 Å². The van der Waals surface area contributed by atoms with Gasteiger partial charge in [-0.1, -0.05) is 0 Å². The summed E-state index contributed by atoms with van der Waals surface area (Å²) in [6.07, 6.45) is -2.46. The first-order valence-corrected chi connectivity index (χ1v) is 4.42. The zero-order valence-corrected chi connectivity index (χ0v) is 8.64. The lowest BCUT2D eigenvalue weighted by Gasteiger charge is -2.04. The molecular formula is C8H7F3N4S. The second-order valence-corrected chi connectivity index (χ2v) is 3.14. The van der Waals surface area contributed by atoms with Crippen LogP contribution in [0.25, 0.3) is 0 Å². The number of nitrogens with two attached hydrogens (primary N) is 1. The summed E-state index contributed by atoms with van der Waals surface area (Å²) in [5.74, 6) is 0. The van der Waals surface area contributed by atoms with Crippen LogP contribution in [0.15, 0.2) is 23.4 Å². The lowest BCUT2D eigenvalue weighted by molar-refractivity contribution is -0.137. The Hall–Kier alpha value is -1.70. The predicted octanol–water partition coefficient (Wildman–Crippen LogP) is 1.27. The fourth-order valence-corrected chi connectivity index (χ4v) is 0.864. The van der Waals surface area contributed by atoms with E-state index >= 15 is 0 Å². The molecule has 4 nitrogen and oxygen atoms in total. The Bertz CT molecular complexity index is 399. The molecule has 0 bridgehead atoms. The third-order valence-corrected chi connectivity index (χ3v) is 1.58. The molecule has 86 valence electrons. The minimum atomic E-state index is -4.39. The predicted molar refractivity (Wildman–Crippen MR) is 56.8 cm³/mol. The smallest absolute Gasteiger partial charge is 0.375 e. The van der Waals surface area contributed by atoms with Crippen LogP contribution in [0.2, 0.25) is 0 Å². The second kappa shape index (κ2) is 4.88. The number of alkyl halides is 3. The molecule has 0 spiro atoms. The Kier molecular flexibility index (Phi) is 3.78. The maximum Gasteiger partial charge on any atom is 0.417 e. The molecular weight excluding hydrogens is 241 g/mol. The highest BCUT2D eigenvalue weighted by Gasteiger charge is 2.30. The third kappa shape index (κ3) is 3.81. The highest BCUT2D eigenvalue weighted by atomic mass is 32.1. The summed E-state index contributed by atoms with van der Waals surface area (Å²) in [6.45, 7) is 0. The zero-order chi connectivity index (χ0) is 12.2. The Morgan fingerprint density at radius 1 is 1.50 bits per heavy atom. The Morgan fingerprint density at radius 3 is 2.62 bits per heavy atom. The van der Waals surface area contributed by atoms with Gasteiger partial charge in [-0.2, -0.15) is 18.3 Å². The van der Waals surface area contributed by atoms with E-state index in [1.165, 1.54) is 12.3 Å². The first-order valence-electron chi connectivity index (χ1n) is 4.01. The monoisotopic (exact) mass is 248 g/mol. The largest absolute Gasteiger partial charge is 0.417 e. The summed E-state index contributed by atoms with van der Waals surface area (Å²) in [7, 11) is 0. The fourth-order valence-electron chi connectivity index (χ4n) is 0.811. The van der Waals surface area contributed by atoms with Gasteiger partial charge in [0, 0.05) is 6.20 Å². The zero-order valence-electron chi connectivity index (χ0n) is 7.82. The summed E-state index contributed by atoms with van der Waals surface area (Å²) < 4.78 is 36.5. The van der Waals surface area contributed by atoms with Crippen molar-refractivity contribution in [3.8, 4) is 0 Å². The summed E-state index contributed by atoms with van der Waals surface area (Å²) in [5, 5.41) is 3.51. The maximum absolute atomic E-state index is 12.2. The van der Waals surface area contributed by atoms with Crippen LogP contribution in [-0.2, 0) is 6.18 Å². The van der Waals surface area contributed by atoms with E-state index in [9.17, 15) is 13.2 Å². The van der Waals surface area contributed by atoms with Crippen molar-refractivity contribution in [2.24, 2.45) is 10.8 Å². The molecule has 0 fully saturated rings. The van der Waals surface area contributed by atoms with Crippen LogP contribution < -0.4 is 11.2 Å². The van der Waals surface area contributed by atoms with Crippen LogP contribution in [0, 0.1) is 0 Å². The van der Waals surface area contributed by atoms with Gasteiger partial charge in [0.15, 0.2) is 5.11 Å². The van der Waals surface area contributed by atoms with Crippen LogP contribution >= 0.6 is 12.2 Å². The van der Waals surface area contributed by atoms with Crippen LogP contribution in [0.3, 0.4) is 0 Å². The summed E-state index contributed by atoms with van der Waals surface area (Å²) in [4.78, 5) is 3.55. The van der Waals surface area contributed by atoms with Gasteiger partial charge >= 0.3 is 6.18 Å². The lowest BCUT2D eigenvalue weighted by atomic mass is 10.2. The molecule has 1 aromatic rings. The van der Waals surface area contributed by atoms with Crippen molar-refractivity contribution in [3.63, 3.8) is 0 Å². The third-order valence-electron chi connectivity index (χ3n) is 1.49. The van der Waals surface area contributed by atoms with E-state index in [0.29, 0.717) is 0 Å². The summed E-state index contributed by atoms with van der Waals surface area (Å²) in [6, 6.07) is 2.10. The van der Waals surface area contributed by atoms with Crippen molar-refractivity contribution in [3.05, 3.63) is 29.6 Å². The molecule has 0 aliphatic carbocycles. The highest BCUT2D eigenvalue weighted by molar-refractivity contribution is 7.80. The molecule has 1 rings (SSSR count). The number of nitrogens with zero attached hydrogens (tertiary/aromatic N) is 2. The van der Waals surface area contributed by atoms with Crippen molar-refractivity contribution in [1.82, 2.24) is 10.4 Å². The van der Waals surface area contributed by atoms with Crippen molar-refractivity contribution in [2.75, 3.05) is 0 Å². The molecule has 0 unspecified atom stereocenters. The molecule has 16 heavy (non-hydrogen) atoms. The van der Waals surface area contributed by atoms with Gasteiger partial charge in [0.25, 0.3) is 0 Å². The van der Waals surface area contributed by atoms with E-state index in [1.807, 2.05) is 0 Å². The molecule has 0 saturated carbocycles. The standard InChI is InChI=1S/C8H7F3N4S/c9-8(10,11)5-1-2-6(13-3-5)4-14-15-7(12)16/h1-4H,(H3,12,15,16). The number of aromatic nitrogens is 1. The first-order chi connectivity index (χ1) is 7.39. The molecule has 0 aromatic carbocycles. The maximum atomic E-state index is 12.2. The van der Waals surface area contributed by atoms with Gasteiger partial charge in [-0.15, -0.1) is 0 Å². The molecule has 8 heteroatoms. The van der Waals surface area contributed by atoms with Gasteiger partial charge in [0.2, 0.25) is 0 Å². The number of nitrogens with one attached hydrogen (secondary N) is 1. The molecule has 0 amide bonds. The van der Waals surface area contributed by atoms with Gasteiger partial charge in [0.05, 0.1) is 17.5 Å². The number of halogens is 3. The second-order valence-electron chi connectivity index (χ2n) is 2.70. The van der Waals surface area contributed by atoms with Crippen LogP contribution in [-0.4, -0.2) is 16.3 Å². The Morgan fingerprint density at radius 2 is 2.19 bits per heavy atom. The van der Waals surface area contributed by atoms with Crippen molar-refractivity contribution in [2.45, 2.75) is 6.18 Å². The van der Waals surface area contributed by atoms with Gasteiger partial charge in [-0.05, 0) is 24.4 Å². The van der Waals surface area contributed by atoms with E-state index in [-0.39, 0.29) is 10.8 Å². The summed E-state index contributed by atoms with van der Waals surface area (Å²) >= 11 is 4.46. The number of pyridine rings is 1. The van der Waals surface area contributed by atoms with Crippen molar-refractivity contribution in [1.29, 1.82) is 0 Å². The number of hydrogen-bond donors (Lipinski definition) is 2. The van der Waals surface area contributed by atoms with E-state index in [2.05, 4.69) is 27.7 Å². The topological polar surface area (TPSA) is 63.3 Å². The Labute approximate surface area is 94.4 Å². The summed E-state index contributed by atoms with van der Waals surface area (Å²) in [5.41, 5.74) is 6.78. The van der Waals surface area contributed by atoms with Gasteiger partial charge in [-0.3, -0.25) is 10.4 Å². The van der Waals surface area contributed by atoms with Gasteiger partial charge in [-0.25, -0.2) is 0 Å². The van der Waals surface area contributed by atoms with Crippen molar-refractivity contribution < 1.29 is 13.2 Å². The molecule has 0 aliphatic heterocycles. The number of hydrazone groups is 1. The molecule has 1 aromatic heterocycles. The highest BCUT2D eigenvalue weighted by Crippen LogP contribution is 2.28.